The molecule has 0 aliphatic carbocycles. The molecule has 5 rings (SSSR count). The minimum absolute atomic E-state index is 0.0186. The van der Waals surface area contributed by atoms with Crippen LogP contribution in [0.2, 0.25) is 0 Å². The average molecular weight is 537 g/mol. The van der Waals surface area contributed by atoms with Crippen molar-refractivity contribution >= 4 is 33.5 Å². The van der Waals surface area contributed by atoms with Crippen LogP contribution in [0.15, 0.2) is 83.9 Å². The van der Waals surface area contributed by atoms with E-state index in [0.29, 0.717) is 24.2 Å². The van der Waals surface area contributed by atoms with Crippen molar-refractivity contribution < 1.29 is 9.59 Å². The average Bonchev–Trinajstić information content (AvgIpc) is 3.48. The fourth-order valence-corrected chi connectivity index (χ4v) is 4.91. The molecule has 0 saturated heterocycles. The van der Waals surface area contributed by atoms with Gasteiger partial charge in [-0.15, -0.1) is 0 Å². The maximum atomic E-state index is 13.2. The second kappa shape index (κ2) is 12.4. The van der Waals surface area contributed by atoms with Crippen LogP contribution in [0.4, 0.5) is 0 Å². The number of carbonyl (C=O) groups excluding carboxylic acids is 2. The summed E-state index contributed by atoms with van der Waals surface area (Å²) in [6.45, 7) is -0.154. The summed E-state index contributed by atoms with van der Waals surface area (Å²) < 4.78 is 1.38. The van der Waals surface area contributed by atoms with E-state index in [1.807, 2.05) is 36.4 Å². The van der Waals surface area contributed by atoms with E-state index in [-0.39, 0.29) is 24.4 Å². The highest BCUT2D eigenvalue weighted by atomic mass is 16.2. The van der Waals surface area contributed by atoms with Gasteiger partial charge in [-0.2, -0.15) is 0 Å². The number of H-pyrrole nitrogens is 1. The number of benzene rings is 3. The maximum absolute atomic E-state index is 13.2. The lowest BCUT2D eigenvalue weighted by molar-refractivity contribution is -0.122. The third-order valence-corrected chi connectivity index (χ3v) is 7.07. The van der Waals surface area contributed by atoms with Gasteiger partial charge in [-0.25, -0.2) is 14.8 Å². The van der Waals surface area contributed by atoms with E-state index in [4.69, 9.17) is 0 Å². The Morgan fingerprint density at radius 2 is 1.65 bits per heavy atom. The van der Waals surface area contributed by atoms with Crippen molar-refractivity contribution in [3.63, 3.8) is 0 Å². The number of nitrogens with zero attached hydrogens (tertiary/aromatic N) is 3. The van der Waals surface area contributed by atoms with Gasteiger partial charge in [0.2, 0.25) is 11.8 Å². The number of fused-ring (bicyclic) bond motifs is 2. The summed E-state index contributed by atoms with van der Waals surface area (Å²) in [6.07, 6.45) is 6.80. The summed E-state index contributed by atoms with van der Waals surface area (Å²) in [5.41, 5.74) is 2.03. The van der Waals surface area contributed by atoms with Crippen LogP contribution in [-0.2, 0) is 16.1 Å². The number of imidazole rings is 1. The van der Waals surface area contributed by atoms with E-state index in [2.05, 4.69) is 49.9 Å². The Balaban J connectivity index is 1.34. The van der Waals surface area contributed by atoms with Crippen molar-refractivity contribution in [1.29, 1.82) is 0 Å². The molecule has 0 unspecified atom stereocenters. The molecule has 0 fully saturated rings. The van der Waals surface area contributed by atoms with Gasteiger partial charge in [0.15, 0.2) is 0 Å². The first-order valence-electron chi connectivity index (χ1n) is 13.5. The summed E-state index contributed by atoms with van der Waals surface area (Å²) in [6, 6.07) is 21.4. The molecule has 0 spiro atoms. The third-order valence-electron chi connectivity index (χ3n) is 7.07. The highest BCUT2D eigenvalue weighted by Gasteiger charge is 2.19. The lowest BCUT2D eigenvalue weighted by Gasteiger charge is -2.18. The number of amides is 2. The van der Waals surface area contributed by atoms with E-state index in [1.165, 1.54) is 10.8 Å². The van der Waals surface area contributed by atoms with Crippen LogP contribution >= 0.6 is 0 Å². The fourth-order valence-electron chi connectivity index (χ4n) is 4.91. The van der Waals surface area contributed by atoms with Crippen molar-refractivity contribution in [2.45, 2.75) is 44.7 Å². The Bertz CT molecular complexity index is 1710. The molecule has 2 aromatic heterocycles. The van der Waals surface area contributed by atoms with Crippen LogP contribution in [0, 0.1) is 0 Å². The number of carbonyl (C=O) groups is 2. The predicted molar refractivity (Wildman–Crippen MR) is 156 cm³/mol. The summed E-state index contributed by atoms with van der Waals surface area (Å²) in [5, 5.41) is 8.80. The summed E-state index contributed by atoms with van der Waals surface area (Å²) in [7, 11) is 1.63. The first kappa shape index (κ1) is 26.8. The lowest BCUT2D eigenvalue weighted by Crippen LogP contribution is -2.36. The molecule has 9 nitrogen and oxygen atoms in total. The van der Waals surface area contributed by atoms with Gasteiger partial charge in [0.05, 0.1) is 23.4 Å². The zero-order valence-corrected chi connectivity index (χ0v) is 22.4. The first-order chi connectivity index (χ1) is 19.5. The number of hydrogen-bond donors (Lipinski definition) is 3. The highest BCUT2D eigenvalue weighted by Crippen LogP contribution is 2.26. The van der Waals surface area contributed by atoms with Crippen LogP contribution < -0.4 is 16.3 Å². The predicted octanol–water partition coefficient (Wildman–Crippen LogP) is 4.49. The molecule has 0 aliphatic heterocycles. The van der Waals surface area contributed by atoms with Gasteiger partial charge in [0.1, 0.15) is 12.4 Å². The molecule has 204 valence electrons. The minimum Gasteiger partial charge on any atom is -0.359 e. The molecule has 2 heterocycles. The van der Waals surface area contributed by atoms with Crippen molar-refractivity contribution in [2.75, 3.05) is 7.05 Å². The van der Waals surface area contributed by atoms with Gasteiger partial charge in [-0.1, -0.05) is 67.4 Å². The highest BCUT2D eigenvalue weighted by molar-refractivity contribution is 5.87. The van der Waals surface area contributed by atoms with Crippen molar-refractivity contribution in [3.05, 3.63) is 95.4 Å². The summed E-state index contributed by atoms with van der Waals surface area (Å²) >= 11 is 0. The Labute approximate surface area is 231 Å². The van der Waals surface area contributed by atoms with E-state index in [0.717, 1.165) is 46.7 Å². The molecule has 2 amide bonds. The van der Waals surface area contributed by atoms with Crippen molar-refractivity contribution in [3.8, 4) is 11.3 Å². The Kier molecular flexibility index (Phi) is 8.29. The number of nitrogens with one attached hydrogen (secondary N) is 3. The van der Waals surface area contributed by atoms with Crippen LogP contribution in [0.1, 0.15) is 44.0 Å². The van der Waals surface area contributed by atoms with Crippen molar-refractivity contribution in [1.82, 2.24) is 30.2 Å². The Hall–Kier alpha value is -4.79. The molecular formula is C31H32N6O3. The van der Waals surface area contributed by atoms with E-state index in [1.54, 1.807) is 19.3 Å². The van der Waals surface area contributed by atoms with E-state index >= 15 is 0 Å². The van der Waals surface area contributed by atoms with Gasteiger partial charge in [-0.05, 0) is 35.7 Å². The Morgan fingerprint density at radius 3 is 2.48 bits per heavy atom. The molecule has 1 atom stereocenters. The van der Waals surface area contributed by atoms with Crippen LogP contribution in [0.25, 0.3) is 32.9 Å². The molecule has 5 aromatic rings. The molecule has 0 radical (unpaired) electrons. The molecule has 40 heavy (non-hydrogen) atoms. The topological polar surface area (TPSA) is 122 Å². The van der Waals surface area contributed by atoms with Crippen LogP contribution in [0.5, 0.6) is 0 Å². The maximum Gasteiger partial charge on any atom is 0.348 e. The summed E-state index contributed by atoms with van der Waals surface area (Å²) in [4.78, 5) is 49.3. The fraction of sp³-hybridized carbons (Fsp3) is 0.258. The van der Waals surface area contributed by atoms with Gasteiger partial charge >= 0.3 is 5.69 Å². The summed E-state index contributed by atoms with van der Waals surface area (Å²) in [5.74, 6) is 0.357. The zero-order valence-electron chi connectivity index (χ0n) is 22.4. The normalized spacial score (nSPS) is 11.9. The van der Waals surface area contributed by atoms with E-state index < -0.39 is 5.69 Å². The van der Waals surface area contributed by atoms with Crippen LogP contribution in [0.3, 0.4) is 0 Å². The minimum atomic E-state index is -0.476. The first-order valence-corrected chi connectivity index (χ1v) is 13.5. The van der Waals surface area contributed by atoms with Crippen molar-refractivity contribution in [2.24, 2.45) is 0 Å². The monoisotopic (exact) mass is 536 g/mol. The molecule has 9 heteroatoms. The number of rotatable bonds is 11. The van der Waals surface area contributed by atoms with Gasteiger partial charge in [0.25, 0.3) is 0 Å². The third kappa shape index (κ3) is 6.26. The largest absolute Gasteiger partial charge is 0.359 e. The smallest absolute Gasteiger partial charge is 0.348 e. The van der Waals surface area contributed by atoms with Gasteiger partial charge in [0, 0.05) is 30.6 Å². The van der Waals surface area contributed by atoms with Gasteiger partial charge in [-0.3, -0.25) is 14.2 Å². The number of para-hydroxylation sites is 1. The standard InChI is InChI=1S/C31H32N6O3/c1-32-28(38)14-4-2-3-12-25(35-29(39)20-37-27-13-8-7-11-24(27)18-34-31(37)40)30-33-19-26(36-30)23-16-15-21-9-5-6-10-22(21)17-23/h5-11,13,15-19,25H,2-4,12,14,20H2,1H3,(H,32,38)(H,33,36)(H,35,39)/t25-/m0/s1. The molecule has 0 aliphatic rings. The van der Waals surface area contributed by atoms with E-state index in [9.17, 15) is 14.4 Å². The lowest BCUT2D eigenvalue weighted by atomic mass is 10.1. The molecule has 3 N–H and O–H groups in total. The second-order valence-electron chi connectivity index (χ2n) is 9.82. The molecule has 3 aromatic carbocycles. The molecule has 0 saturated carbocycles. The zero-order chi connectivity index (χ0) is 27.9. The number of hydrogen-bond acceptors (Lipinski definition) is 5. The Morgan fingerprint density at radius 1 is 0.875 bits per heavy atom. The molecular weight excluding hydrogens is 504 g/mol. The second-order valence-corrected chi connectivity index (χ2v) is 9.82. The van der Waals surface area contributed by atoms with Crippen LogP contribution in [-0.4, -0.2) is 38.4 Å². The quantitative estimate of drug-likeness (QED) is 0.215. The van der Waals surface area contributed by atoms with Gasteiger partial charge < -0.3 is 15.6 Å². The number of unbranched alkanes of at least 4 members (excludes halogenated alkanes) is 2. The number of aromatic amines is 1. The SMILES string of the molecule is CNC(=O)CCCCC[C@H](NC(=O)Cn1c(=O)ncc2ccccc21)c1ncc(-c2ccc3ccccc3c2)[nH]1. The molecule has 0 bridgehead atoms. The number of aromatic nitrogens is 4.